The van der Waals surface area contributed by atoms with Crippen LogP contribution in [0, 0.1) is 5.53 Å². The number of allylic oxidation sites excluding steroid dienone is 3. The smallest absolute Gasteiger partial charge is 0.257 e. The molecule has 1 aromatic heterocycles. The lowest BCUT2D eigenvalue weighted by Gasteiger charge is -2.18. The van der Waals surface area contributed by atoms with E-state index in [2.05, 4.69) is 34.2 Å². The number of benzene rings is 1. The lowest BCUT2D eigenvalue weighted by Crippen LogP contribution is -2.27. The number of likely N-dealkylation sites (N-methyl/N-ethyl adjacent to an activating group) is 1. The zero-order chi connectivity index (χ0) is 24.2. The summed E-state index contributed by atoms with van der Waals surface area (Å²) < 4.78 is 19.4. The fourth-order valence-electron chi connectivity index (χ4n) is 3.11. The van der Waals surface area contributed by atoms with Crippen molar-refractivity contribution in [3.05, 3.63) is 81.7 Å². The molecule has 0 unspecified atom stereocenters. The van der Waals surface area contributed by atoms with Gasteiger partial charge in [-0.3, -0.25) is 4.79 Å². The molecule has 0 bridgehead atoms. The quantitative estimate of drug-likeness (QED) is 0.279. The van der Waals surface area contributed by atoms with Crippen molar-refractivity contribution in [1.29, 1.82) is 5.53 Å². The topological polar surface area (TPSA) is 93.6 Å². The number of hydrogen-bond donors (Lipinski definition) is 3. The molecule has 0 saturated heterocycles. The first-order valence-electron chi connectivity index (χ1n) is 10.9. The second-order valence-corrected chi connectivity index (χ2v) is 7.31. The summed E-state index contributed by atoms with van der Waals surface area (Å²) in [6.45, 7) is 11.0. The minimum absolute atomic E-state index is 0.169. The molecule has 176 valence electrons. The summed E-state index contributed by atoms with van der Waals surface area (Å²) in [5.74, 6) is 0.415. The number of anilines is 1. The van der Waals surface area contributed by atoms with Crippen molar-refractivity contribution in [2.75, 3.05) is 31.6 Å². The number of aromatic nitrogens is 1. The van der Waals surface area contributed by atoms with Crippen LogP contribution in [-0.2, 0) is 0 Å². The van der Waals surface area contributed by atoms with E-state index in [0.29, 0.717) is 17.9 Å². The SMILES string of the molecule is C/C=C(F)\C(C)=C/c1ccc(/C(=C/Nc2ccc(OCCN(CC)CC)cc2)N=N)c(=O)[nH]1. The van der Waals surface area contributed by atoms with E-state index in [-0.39, 0.29) is 17.1 Å². The minimum atomic E-state index is -0.418. The molecule has 0 spiro atoms. The van der Waals surface area contributed by atoms with Crippen LogP contribution in [-0.4, -0.2) is 36.1 Å². The van der Waals surface area contributed by atoms with Crippen molar-refractivity contribution in [3.63, 3.8) is 0 Å². The first-order valence-corrected chi connectivity index (χ1v) is 10.9. The molecule has 0 aliphatic heterocycles. The standard InChI is InChI=1S/C25H32FN5O2/c1-5-23(26)18(4)16-20-10-13-22(25(32)29-20)24(30-27)17-28-19-8-11-21(12-9-19)33-15-14-31(6-2)7-3/h5,8-13,16-17,27-28H,6-7,14-15H2,1-4H3,(H,29,32)/b18-16-,23-5+,24-17-,30-27?. The first kappa shape index (κ1) is 25.7. The van der Waals surface area contributed by atoms with E-state index in [1.54, 1.807) is 32.1 Å². The van der Waals surface area contributed by atoms with Gasteiger partial charge in [0.1, 0.15) is 23.9 Å². The van der Waals surface area contributed by atoms with Crippen LogP contribution in [0.5, 0.6) is 5.75 Å². The number of pyridine rings is 1. The number of H-pyrrole nitrogens is 1. The number of rotatable bonds is 12. The Morgan fingerprint density at radius 1 is 1.21 bits per heavy atom. The number of ether oxygens (including phenoxy) is 1. The van der Waals surface area contributed by atoms with Crippen LogP contribution >= 0.6 is 0 Å². The highest BCUT2D eigenvalue weighted by molar-refractivity contribution is 5.67. The molecule has 33 heavy (non-hydrogen) atoms. The number of nitrogens with one attached hydrogen (secondary N) is 3. The van der Waals surface area contributed by atoms with Crippen molar-refractivity contribution in [3.8, 4) is 5.75 Å². The predicted octanol–water partition coefficient (Wildman–Crippen LogP) is 5.81. The van der Waals surface area contributed by atoms with Gasteiger partial charge in [0, 0.05) is 24.1 Å². The van der Waals surface area contributed by atoms with Gasteiger partial charge in [-0.05, 0) is 75.0 Å². The van der Waals surface area contributed by atoms with E-state index in [0.717, 1.165) is 31.1 Å². The van der Waals surface area contributed by atoms with E-state index in [4.69, 9.17) is 10.3 Å². The van der Waals surface area contributed by atoms with Gasteiger partial charge >= 0.3 is 0 Å². The Morgan fingerprint density at radius 2 is 1.91 bits per heavy atom. The Hall–Kier alpha value is -3.52. The molecule has 0 amide bonds. The number of halogens is 1. The van der Waals surface area contributed by atoms with Crippen molar-refractivity contribution >= 4 is 17.5 Å². The number of nitrogens with zero attached hydrogens (tertiary/aromatic N) is 2. The summed E-state index contributed by atoms with van der Waals surface area (Å²) >= 11 is 0. The monoisotopic (exact) mass is 453 g/mol. The van der Waals surface area contributed by atoms with E-state index in [1.807, 2.05) is 24.3 Å². The molecule has 1 heterocycles. The third-order valence-electron chi connectivity index (χ3n) is 5.13. The maximum atomic E-state index is 13.6. The molecule has 0 radical (unpaired) electrons. The highest BCUT2D eigenvalue weighted by Crippen LogP contribution is 2.19. The maximum Gasteiger partial charge on any atom is 0.257 e. The normalized spacial score (nSPS) is 12.7. The lowest BCUT2D eigenvalue weighted by atomic mass is 10.1. The summed E-state index contributed by atoms with van der Waals surface area (Å²) in [7, 11) is 0. The van der Waals surface area contributed by atoms with Crippen LogP contribution in [0.15, 0.2) is 70.0 Å². The average Bonchev–Trinajstić information content (AvgIpc) is 2.83. The first-order chi connectivity index (χ1) is 15.9. The van der Waals surface area contributed by atoms with Crippen molar-refractivity contribution in [1.82, 2.24) is 9.88 Å². The summed E-state index contributed by atoms with van der Waals surface area (Å²) in [4.78, 5) is 17.5. The fraction of sp³-hybridized carbons (Fsp3) is 0.320. The molecular weight excluding hydrogens is 421 g/mol. The molecular formula is C25H32FN5O2. The van der Waals surface area contributed by atoms with Gasteiger partial charge in [0.2, 0.25) is 0 Å². The van der Waals surface area contributed by atoms with Crippen LogP contribution in [0.2, 0.25) is 0 Å². The van der Waals surface area contributed by atoms with Crippen molar-refractivity contribution in [2.45, 2.75) is 27.7 Å². The number of aromatic amines is 1. The van der Waals surface area contributed by atoms with E-state index < -0.39 is 5.56 Å². The zero-order valence-corrected chi connectivity index (χ0v) is 19.6. The van der Waals surface area contributed by atoms with Gasteiger partial charge in [-0.1, -0.05) is 19.9 Å². The Morgan fingerprint density at radius 3 is 2.48 bits per heavy atom. The third kappa shape index (κ3) is 7.84. The van der Waals surface area contributed by atoms with Gasteiger partial charge in [0.15, 0.2) is 0 Å². The minimum Gasteiger partial charge on any atom is -0.492 e. The van der Waals surface area contributed by atoms with E-state index >= 15 is 0 Å². The Bertz CT molecular complexity index is 1070. The lowest BCUT2D eigenvalue weighted by molar-refractivity contribution is 0.223. The van der Waals surface area contributed by atoms with E-state index in [9.17, 15) is 9.18 Å². The molecule has 0 aliphatic rings. The Labute approximate surface area is 194 Å². The van der Waals surface area contributed by atoms with Gasteiger partial charge in [0.05, 0.1) is 5.56 Å². The molecule has 7 nitrogen and oxygen atoms in total. The predicted molar refractivity (Wildman–Crippen MR) is 132 cm³/mol. The maximum absolute atomic E-state index is 13.6. The van der Waals surface area contributed by atoms with Crippen molar-refractivity contribution < 1.29 is 9.13 Å². The van der Waals surface area contributed by atoms with Crippen LogP contribution in [0.3, 0.4) is 0 Å². The molecule has 0 saturated carbocycles. The van der Waals surface area contributed by atoms with Gasteiger partial charge in [-0.15, -0.1) is 0 Å². The van der Waals surface area contributed by atoms with Gasteiger partial charge < -0.3 is 19.9 Å². The fourth-order valence-corrected chi connectivity index (χ4v) is 3.11. The molecule has 0 fully saturated rings. The number of hydrogen-bond acceptors (Lipinski definition) is 6. The Kier molecular flexibility index (Phi) is 10.2. The highest BCUT2D eigenvalue weighted by Gasteiger charge is 2.07. The second-order valence-electron chi connectivity index (χ2n) is 7.31. The second kappa shape index (κ2) is 13.1. The summed E-state index contributed by atoms with van der Waals surface area (Å²) in [5, 5.41) is 6.52. The largest absolute Gasteiger partial charge is 0.492 e. The van der Waals surface area contributed by atoms with Gasteiger partial charge in [-0.25, -0.2) is 9.92 Å². The Balaban J connectivity index is 2.06. The summed E-state index contributed by atoms with van der Waals surface area (Å²) in [6.07, 6.45) is 4.40. The van der Waals surface area contributed by atoms with E-state index in [1.165, 1.54) is 12.3 Å². The zero-order valence-electron chi connectivity index (χ0n) is 19.6. The van der Waals surface area contributed by atoms with Gasteiger partial charge in [0.25, 0.3) is 5.56 Å². The molecule has 8 heteroatoms. The summed E-state index contributed by atoms with van der Waals surface area (Å²) in [5.41, 5.74) is 9.07. The highest BCUT2D eigenvalue weighted by atomic mass is 19.1. The average molecular weight is 454 g/mol. The molecule has 1 aromatic carbocycles. The summed E-state index contributed by atoms with van der Waals surface area (Å²) in [6, 6.07) is 10.6. The van der Waals surface area contributed by atoms with Gasteiger partial charge in [-0.2, -0.15) is 5.11 Å². The molecule has 2 aromatic rings. The van der Waals surface area contributed by atoms with Crippen LogP contribution < -0.4 is 15.6 Å². The van der Waals surface area contributed by atoms with Crippen LogP contribution in [0.4, 0.5) is 10.1 Å². The van der Waals surface area contributed by atoms with Crippen LogP contribution in [0.1, 0.15) is 39.0 Å². The van der Waals surface area contributed by atoms with Crippen molar-refractivity contribution in [2.24, 2.45) is 5.11 Å². The third-order valence-corrected chi connectivity index (χ3v) is 5.13. The molecule has 3 N–H and O–H groups in total. The molecule has 0 aliphatic carbocycles. The molecule has 0 atom stereocenters. The molecule has 2 rings (SSSR count). The van der Waals surface area contributed by atoms with Crippen LogP contribution in [0.25, 0.3) is 11.8 Å².